The number of hydrogen-bond acceptors (Lipinski definition) is 5. The Morgan fingerprint density at radius 3 is 2.38 bits per heavy atom. The third kappa shape index (κ3) is 5.87. The van der Waals surface area contributed by atoms with Gasteiger partial charge in [-0.1, -0.05) is 62.2 Å². The van der Waals surface area contributed by atoms with Crippen LogP contribution in [0.1, 0.15) is 50.2 Å². The van der Waals surface area contributed by atoms with Crippen molar-refractivity contribution in [2.24, 2.45) is 17.8 Å². The van der Waals surface area contributed by atoms with Gasteiger partial charge < -0.3 is 19.8 Å². The molecule has 5 rings (SSSR count). The summed E-state index contributed by atoms with van der Waals surface area (Å²) in [6, 6.07) is 15.0. The zero-order valence-electron chi connectivity index (χ0n) is 26.9. The highest BCUT2D eigenvalue weighted by atomic mass is 32.2. The van der Waals surface area contributed by atoms with Crippen molar-refractivity contribution in [3.8, 4) is 0 Å². The molecule has 3 aliphatic heterocycles. The molecule has 2 aromatic rings. The molecule has 3 heterocycles. The van der Waals surface area contributed by atoms with Crippen LogP contribution in [0, 0.1) is 31.6 Å². The van der Waals surface area contributed by atoms with Gasteiger partial charge in [-0.3, -0.25) is 14.4 Å². The van der Waals surface area contributed by atoms with Crippen molar-refractivity contribution >= 4 is 40.9 Å². The maximum atomic E-state index is 15.0. The number of hydrogen-bond donors (Lipinski definition) is 1. The van der Waals surface area contributed by atoms with E-state index in [2.05, 4.69) is 20.1 Å². The second kappa shape index (κ2) is 14.0. The van der Waals surface area contributed by atoms with Gasteiger partial charge in [0.1, 0.15) is 6.04 Å². The smallest absolute Gasteiger partial charge is 0.251 e. The number of aliphatic hydroxyl groups is 1. The van der Waals surface area contributed by atoms with E-state index in [-0.39, 0.29) is 35.5 Å². The lowest BCUT2D eigenvalue weighted by molar-refractivity contribution is -0.139. The fourth-order valence-electron chi connectivity index (χ4n) is 7.90. The van der Waals surface area contributed by atoms with Gasteiger partial charge in [0.25, 0.3) is 5.91 Å². The Morgan fingerprint density at radius 1 is 1.00 bits per heavy atom. The largest absolute Gasteiger partial charge is 0.396 e. The summed E-state index contributed by atoms with van der Waals surface area (Å²) in [5.74, 6) is -1.29. The Kier molecular flexibility index (Phi) is 10.2. The van der Waals surface area contributed by atoms with Gasteiger partial charge in [0, 0.05) is 42.9 Å². The summed E-state index contributed by atoms with van der Waals surface area (Å²) in [6.07, 6.45) is 7.41. The molecule has 8 heteroatoms. The maximum Gasteiger partial charge on any atom is 0.251 e. The molecule has 7 nitrogen and oxygen atoms in total. The average Bonchev–Trinajstić information content (AvgIpc) is 3.63. The summed E-state index contributed by atoms with van der Waals surface area (Å²) in [5, 5.41) is 9.24. The monoisotopic (exact) mass is 629 g/mol. The number of aryl methyl sites for hydroxylation is 2. The van der Waals surface area contributed by atoms with E-state index in [0.29, 0.717) is 26.1 Å². The van der Waals surface area contributed by atoms with Crippen molar-refractivity contribution in [3.63, 3.8) is 0 Å². The number of fused-ring (bicyclic) bond motifs is 1. The molecule has 3 saturated heterocycles. The average molecular weight is 630 g/mol. The first kappa shape index (κ1) is 33.0. The number of benzene rings is 2. The highest BCUT2D eigenvalue weighted by Gasteiger charge is 2.76. The van der Waals surface area contributed by atoms with Gasteiger partial charge in [-0.05, 0) is 68.4 Å². The normalized spacial score (nSPS) is 26.5. The topological polar surface area (TPSA) is 81.2 Å². The second-order valence-corrected chi connectivity index (χ2v) is 14.4. The second-order valence-electron chi connectivity index (χ2n) is 12.8. The van der Waals surface area contributed by atoms with E-state index in [9.17, 15) is 14.7 Å². The van der Waals surface area contributed by atoms with Crippen molar-refractivity contribution in [2.75, 3.05) is 36.0 Å². The van der Waals surface area contributed by atoms with Gasteiger partial charge in [0.2, 0.25) is 11.8 Å². The van der Waals surface area contributed by atoms with Crippen LogP contribution >= 0.6 is 11.8 Å². The van der Waals surface area contributed by atoms with Crippen LogP contribution in [0.25, 0.3) is 0 Å². The molecule has 2 bridgehead atoms. The number of likely N-dealkylation sites (tertiary alicyclic amines) is 1. The molecule has 0 aromatic heterocycles. The molecule has 2 aromatic carbocycles. The first-order chi connectivity index (χ1) is 21.7. The Balaban J connectivity index is 1.57. The number of rotatable bonds is 14. The Bertz CT molecular complexity index is 1430. The van der Waals surface area contributed by atoms with Crippen molar-refractivity contribution in [2.45, 2.75) is 68.9 Å². The molecule has 3 unspecified atom stereocenters. The molecule has 0 aliphatic carbocycles. The summed E-state index contributed by atoms with van der Waals surface area (Å²) in [7, 11) is 0. The number of aliphatic hydroxyl groups excluding tert-OH is 1. The fraction of sp³-hybridized carbons (Fsp3) is 0.486. The standard InChI is InChI=1S/C37H47N3O4S/c1-6-19-38(28-15-11-10-12-16-28)34(42)31-30-24-27(5)37(45-30)32(31)35(43)40(21-13-8-9-14-22-41)33(37)36(44)39(20-7-2)29-23-25(3)17-18-26(29)4/h6-7,10-12,15-18,23,27,30-33,41H,1-2,8-9,13-14,19-22,24H2,3-5H3/t27?,30-,31+,32+,33?,37?/m1/s1. The number of carbonyl (C=O) groups is 3. The van der Waals surface area contributed by atoms with Gasteiger partial charge in [0.05, 0.1) is 16.6 Å². The Labute approximate surface area is 272 Å². The predicted octanol–water partition coefficient (Wildman–Crippen LogP) is 5.93. The molecule has 3 fully saturated rings. The zero-order valence-corrected chi connectivity index (χ0v) is 27.7. The molecule has 3 amide bonds. The molecule has 45 heavy (non-hydrogen) atoms. The van der Waals surface area contributed by atoms with Gasteiger partial charge in [-0.25, -0.2) is 0 Å². The number of carbonyl (C=O) groups excluding carboxylic acids is 3. The summed E-state index contributed by atoms with van der Waals surface area (Å²) in [4.78, 5) is 49.6. The minimum absolute atomic E-state index is 0.0481. The van der Waals surface area contributed by atoms with Crippen LogP contribution in [0.4, 0.5) is 11.4 Å². The lowest BCUT2D eigenvalue weighted by Crippen LogP contribution is -2.58. The first-order valence-electron chi connectivity index (χ1n) is 16.3. The van der Waals surface area contributed by atoms with E-state index in [1.807, 2.05) is 67.3 Å². The molecule has 0 radical (unpaired) electrons. The van der Waals surface area contributed by atoms with Gasteiger partial charge in [0.15, 0.2) is 0 Å². The van der Waals surface area contributed by atoms with Crippen LogP contribution in [0.5, 0.6) is 0 Å². The van der Waals surface area contributed by atoms with Crippen LogP contribution in [-0.4, -0.2) is 70.0 Å². The van der Waals surface area contributed by atoms with Crippen LogP contribution in [-0.2, 0) is 14.4 Å². The Morgan fingerprint density at radius 2 is 1.69 bits per heavy atom. The number of para-hydroxylation sites is 1. The summed E-state index contributed by atoms with van der Waals surface area (Å²) in [5.41, 5.74) is 3.64. The molecule has 1 N–H and O–H groups in total. The minimum Gasteiger partial charge on any atom is -0.396 e. The van der Waals surface area contributed by atoms with E-state index >= 15 is 4.79 Å². The lowest BCUT2D eigenvalue weighted by Gasteiger charge is -2.41. The highest BCUT2D eigenvalue weighted by molar-refractivity contribution is 8.02. The number of nitrogens with zero attached hydrogens (tertiary/aromatic N) is 3. The molecule has 6 atom stereocenters. The summed E-state index contributed by atoms with van der Waals surface area (Å²) in [6.45, 7) is 15.3. The van der Waals surface area contributed by atoms with Crippen molar-refractivity contribution < 1.29 is 19.5 Å². The quantitative estimate of drug-likeness (QED) is 0.207. The van der Waals surface area contributed by atoms with Crippen molar-refractivity contribution in [1.29, 1.82) is 0 Å². The SMILES string of the molecule is C=CCN(C(=O)[C@@H]1[C@H]2C(=O)N(CCCCCCO)C(C(=O)N(CC=C)c3cc(C)ccc3C)C23S[C@@H]1CC3C)c1ccccc1. The van der Waals surface area contributed by atoms with Crippen molar-refractivity contribution in [3.05, 3.63) is 85.0 Å². The third-order valence-electron chi connectivity index (χ3n) is 9.95. The van der Waals surface area contributed by atoms with E-state index in [4.69, 9.17) is 0 Å². The van der Waals surface area contributed by atoms with Crippen molar-refractivity contribution in [1.82, 2.24) is 4.90 Å². The number of unbranched alkanes of at least 4 members (excludes halogenated alkanes) is 3. The minimum atomic E-state index is -0.710. The number of thioether (sulfide) groups is 1. The summed E-state index contributed by atoms with van der Waals surface area (Å²) >= 11 is 1.71. The number of amides is 3. The van der Waals surface area contributed by atoms with Gasteiger partial charge in [-0.2, -0.15) is 0 Å². The fourth-order valence-corrected chi connectivity index (χ4v) is 10.3. The van der Waals surface area contributed by atoms with E-state index in [1.165, 1.54) is 0 Å². The molecule has 240 valence electrons. The van der Waals surface area contributed by atoms with Crippen LogP contribution in [0.15, 0.2) is 73.8 Å². The molecular formula is C37H47N3O4S. The predicted molar refractivity (Wildman–Crippen MR) is 183 cm³/mol. The van der Waals surface area contributed by atoms with Gasteiger partial charge in [-0.15, -0.1) is 24.9 Å². The van der Waals surface area contributed by atoms with Crippen LogP contribution < -0.4 is 9.80 Å². The number of anilines is 2. The molecule has 3 aliphatic rings. The summed E-state index contributed by atoms with van der Waals surface area (Å²) < 4.78 is -0.710. The molecule has 0 saturated carbocycles. The highest BCUT2D eigenvalue weighted by Crippen LogP contribution is 2.69. The van der Waals surface area contributed by atoms with Crippen LogP contribution in [0.2, 0.25) is 0 Å². The lowest BCUT2D eigenvalue weighted by atomic mass is 9.65. The molecular weight excluding hydrogens is 582 g/mol. The van der Waals surface area contributed by atoms with Gasteiger partial charge >= 0.3 is 0 Å². The third-order valence-corrected chi connectivity index (χ3v) is 12.0. The van der Waals surface area contributed by atoms with E-state index in [0.717, 1.165) is 48.2 Å². The van der Waals surface area contributed by atoms with E-state index in [1.54, 1.807) is 33.7 Å². The zero-order chi connectivity index (χ0) is 32.3. The molecule has 1 spiro atoms. The van der Waals surface area contributed by atoms with Crippen LogP contribution in [0.3, 0.4) is 0 Å². The maximum absolute atomic E-state index is 15.0. The Hall–Kier alpha value is -3.36. The first-order valence-corrected chi connectivity index (χ1v) is 17.1. The van der Waals surface area contributed by atoms with E-state index < -0.39 is 22.6 Å².